The molecular formula is C50H30O. The van der Waals surface area contributed by atoms with Crippen molar-refractivity contribution in [3.05, 3.63) is 182 Å². The van der Waals surface area contributed by atoms with Crippen LogP contribution in [0.4, 0.5) is 0 Å². The molecule has 1 nitrogen and oxygen atoms in total. The van der Waals surface area contributed by atoms with E-state index in [1.165, 1.54) is 0 Å². The normalized spacial score (nSPS) is 14.1. The molecule has 11 rings (SSSR count). The second-order valence-corrected chi connectivity index (χ2v) is 13.0. The number of furan rings is 1. The second kappa shape index (κ2) is 10.9. The van der Waals surface area contributed by atoms with Crippen LogP contribution < -0.4 is 0 Å². The van der Waals surface area contributed by atoms with Crippen LogP contribution in [0.15, 0.2) is 186 Å². The van der Waals surface area contributed by atoms with Gasteiger partial charge in [0.25, 0.3) is 0 Å². The van der Waals surface area contributed by atoms with Gasteiger partial charge < -0.3 is 4.42 Å². The highest BCUT2D eigenvalue weighted by Crippen LogP contribution is 2.45. The molecule has 0 amide bonds. The summed E-state index contributed by atoms with van der Waals surface area (Å²) in [6.07, 6.45) is 0. The summed E-state index contributed by atoms with van der Waals surface area (Å²) in [7, 11) is 0. The summed E-state index contributed by atoms with van der Waals surface area (Å²) in [6, 6.07) is 41.1. The number of hydrogen-bond acceptors (Lipinski definition) is 1. The van der Waals surface area contributed by atoms with E-state index in [4.69, 9.17) is 9.90 Å². The zero-order chi connectivity index (χ0) is 40.4. The molecule has 0 aliphatic heterocycles. The Hall–Kier alpha value is -6.70. The van der Waals surface area contributed by atoms with Crippen molar-refractivity contribution in [2.24, 2.45) is 0 Å². The molecule has 0 unspecified atom stereocenters. The van der Waals surface area contributed by atoms with E-state index in [0.29, 0.717) is 22.3 Å². The van der Waals surface area contributed by atoms with Crippen molar-refractivity contribution in [1.82, 2.24) is 0 Å². The Bertz CT molecular complexity index is 3580. The lowest BCUT2D eigenvalue weighted by molar-refractivity contribution is 0.673. The summed E-state index contributed by atoms with van der Waals surface area (Å²) in [4.78, 5) is 0. The third-order valence-electron chi connectivity index (χ3n) is 10.2. The molecule has 0 saturated carbocycles. The summed E-state index contributed by atoms with van der Waals surface area (Å²) in [5.74, 6) is 0. The first kappa shape index (κ1) is 21.4. The van der Waals surface area contributed by atoms with Gasteiger partial charge in [-0.3, -0.25) is 0 Å². The van der Waals surface area contributed by atoms with Gasteiger partial charge in [-0.25, -0.2) is 0 Å². The minimum atomic E-state index is -0.423. The topological polar surface area (TPSA) is 13.1 Å². The van der Waals surface area contributed by atoms with E-state index in [1.54, 1.807) is 0 Å². The molecule has 0 radical (unpaired) electrons. The highest BCUT2D eigenvalue weighted by molar-refractivity contribution is 6.22. The van der Waals surface area contributed by atoms with Crippen molar-refractivity contribution >= 4 is 75.8 Å². The minimum absolute atomic E-state index is 0.193. The Morgan fingerprint density at radius 3 is 1.55 bits per heavy atom. The number of benzene rings is 10. The second-order valence-electron chi connectivity index (χ2n) is 13.0. The Balaban J connectivity index is 1.19. The average molecular weight is 655 g/mol. The van der Waals surface area contributed by atoms with Gasteiger partial charge in [-0.2, -0.15) is 0 Å². The van der Waals surface area contributed by atoms with Crippen molar-refractivity contribution in [3.8, 4) is 33.4 Å². The summed E-state index contributed by atoms with van der Waals surface area (Å²) in [6.45, 7) is 0. The zero-order valence-corrected chi connectivity index (χ0v) is 27.1. The standard InChI is InChI=1S/C50H30O/c1-2-12-33-29-37(24-20-31(33)10-1)47-41-14-5-7-16-43(41)48(44-17-8-6-15-42(44)47)38-25-22-34-28-36(23-21-35(34)30-38)39-18-9-19-46-49(39)45-27-26-32-11-3-4-13-40(32)50(45)51-46/h1-30H/i5D,6D,7D,8D,14D,15D,16D,17D. The van der Waals surface area contributed by atoms with Crippen molar-refractivity contribution in [3.63, 3.8) is 0 Å². The van der Waals surface area contributed by atoms with E-state index >= 15 is 0 Å². The first-order valence-electron chi connectivity index (χ1n) is 20.9. The average Bonchev–Trinajstić information content (AvgIpc) is 3.67. The van der Waals surface area contributed by atoms with Crippen LogP contribution in [-0.2, 0) is 0 Å². The zero-order valence-electron chi connectivity index (χ0n) is 35.1. The maximum absolute atomic E-state index is 9.35. The molecule has 1 heteroatoms. The molecular weight excluding hydrogens is 617 g/mol. The highest BCUT2D eigenvalue weighted by atomic mass is 16.3. The molecule has 1 heterocycles. The lowest BCUT2D eigenvalue weighted by Gasteiger charge is -2.18. The van der Waals surface area contributed by atoms with Gasteiger partial charge in [-0.1, -0.05) is 151 Å². The third kappa shape index (κ3) is 4.28. The van der Waals surface area contributed by atoms with Crippen LogP contribution >= 0.6 is 0 Å². The minimum Gasteiger partial charge on any atom is -0.455 e. The lowest BCUT2D eigenvalue weighted by Crippen LogP contribution is -1.91. The fourth-order valence-electron chi connectivity index (χ4n) is 7.91. The van der Waals surface area contributed by atoms with Crippen molar-refractivity contribution in [2.75, 3.05) is 0 Å². The smallest absolute Gasteiger partial charge is 0.143 e. The van der Waals surface area contributed by atoms with E-state index in [2.05, 4.69) is 42.5 Å². The summed E-state index contributed by atoms with van der Waals surface area (Å²) in [5, 5.41) is 8.62. The van der Waals surface area contributed by atoms with E-state index in [1.807, 2.05) is 91.0 Å². The molecule has 0 aliphatic carbocycles. The molecule has 0 spiro atoms. The van der Waals surface area contributed by atoms with Crippen LogP contribution in [0, 0.1) is 0 Å². The summed E-state index contributed by atoms with van der Waals surface area (Å²) >= 11 is 0. The van der Waals surface area contributed by atoms with Gasteiger partial charge in [0, 0.05) is 16.2 Å². The predicted octanol–water partition coefficient (Wildman–Crippen LogP) is 14.4. The highest BCUT2D eigenvalue weighted by Gasteiger charge is 2.18. The SMILES string of the molecule is [2H]c1c([2H])c([2H])c2c(-c3ccc4cc(-c5cccc6oc7c8ccccc8ccc7c56)ccc4c3)c3c([2H])c([2H])c([2H])c([2H])c3c(-c3ccc4ccccc4c3)c2c1[2H]. The van der Waals surface area contributed by atoms with Gasteiger partial charge in [-0.05, 0) is 112 Å². The van der Waals surface area contributed by atoms with Crippen LogP contribution in [0.1, 0.15) is 11.0 Å². The Morgan fingerprint density at radius 1 is 0.373 bits per heavy atom. The molecule has 0 N–H and O–H groups in total. The van der Waals surface area contributed by atoms with E-state index in [-0.39, 0.29) is 45.7 Å². The van der Waals surface area contributed by atoms with Crippen molar-refractivity contribution in [1.29, 1.82) is 0 Å². The molecule has 0 aliphatic rings. The van der Waals surface area contributed by atoms with Crippen LogP contribution in [0.5, 0.6) is 0 Å². The van der Waals surface area contributed by atoms with Gasteiger partial charge in [0.15, 0.2) is 0 Å². The molecule has 1 aromatic heterocycles. The van der Waals surface area contributed by atoms with Gasteiger partial charge in [-0.15, -0.1) is 0 Å². The fraction of sp³-hybridized carbons (Fsp3) is 0. The molecule has 51 heavy (non-hydrogen) atoms. The Kier molecular flexibility index (Phi) is 4.57. The van der Waals surface area contributed by atoms with E-state index < -0.39 is 24.2 Å². The largest absolute Gasteiger partial charge is 0.455 e. The maximum atomic E-state index is 9.35. The fourth-order valence-corrected chi connectivity index (χ4v) is 7.91. The van der Waals surface area contributed by atoms with Gasteiger partial charge in [0.05, 0.1) is 11.0 Å². The monoisotopic (exact) mass is 654 g/mol. The molecule has 0 atom stereocenters. The molecule has 11 aromatic rings. The van der Waals surface area contributed by atoms with Gasteiger partial charge in [0.1, 0.15) is 11.2 Å². The molecule has 10 aromatic carbocycles. The van der Waals surface area contributed by atoms with Crippen molar-refractivity contribution < 1.29 is 15.4 Å². The van der Waals surface area contributed by atoms with Gasteiger partial charge >= 0.3 is 0 Å². The maximum Gasteiger partial charge on any atom is 0.143 e. The number of fused-ring (bicyclic) bond motifs is 9. The third-order valence-corrected chi connectivity index (χ3v) is 10.2. The number of rotatable bonds is 3. The van der Waals surface area contributed by atoms with E-state index in [9.17, 15) is 5.48 Å². The van der Waals surface area contributed by atoms with Crippen LogP contribution in [0.25, 0.3) is 109 Å². The summed E-state index contributed by atoms with van der Waals surface area (Å²) in [5.41, 5.74) is 5.47. The Labute approximate surface area is 305 Å². The van der Waals surface area contributed by atoms with Crippen LogP contribution in [0.2, 0.25) is 0 Å². The van der Waals surface area contributed by atoms with Crippen LogP contribution in [-0.4, -0.2) is 0 Å². The van der Waals surface area contributed by atoms with Crippen LogP contribution in [0.3, 0.4) is 0 Å². The van der Waals surface area contributed by atoms with Crippen molar-refractivity contribution in [2.45, 2.75) is 0 Å². The first-order valence-corrected chi connectivity index (χ1v) is 16.9. The van der Waals surface area contributed by atoms with E-state index in [0.717, 1.165) is 65.4 Å². The molecule has 0 fully saturated rings. The summed E-state index contributed by atoms with van der Waals surface area (Å²) < 4.78 is 79.0. The molecule has 0 bridgehead atoms. The number of hydrogen-bond donors (Lipinski definition) is 0. The molecule has 0 saturated heterocycles. The van der Waals surface area contributed by atoms with Gasteiger partial charge in [0.2, 0.25) is 0 Å². The first-order chi connectivity index (χ1) is 28.6. The quantitative estimate of drug-likeness (QED) is 0.173. The Morgan fingerprint density at radius 2 is 0.882 bits per heavy atom. The molecule has 236 valence electrons. The predicted molar refractivity (Wildman–Crippen MR) is 218 cm³/mol. The lowest BCUT2D eigenvalue weighted by atomic mass is 9.85.